The van der Waals surface area contributed by atoms with E-state index in [0.29, 0.717) is 10.8 Å². The second-order valence-corrected chi connectivity index (χ2v) is 7.36. The van der Waals surface area contributed by atoms with Gasteiger partial charge in [0.15, 0.2) is 5.11 Å². The second kappa shape index (κ2) is 7.61. The highest BCUT2D eigenvalue weighted by Crippen LogP contribution is 2.44. The number of phenolic OH excluding ortho intramolecular Hbond substituents is 1. The number of hydrogen-bond donors (Lipinski definition) is 2. The molecule has 0 amide bonds. The number of pyridine rings is 2. The topological polar surface area (TPSA) is 66.2 Å². The summed E-state index contributed by atoms with van der Waals surface area (Å²) >= 11 is 5.72. The molecule has 1 aromatic carbocycles. The molecule has 0 unspecified atom stereocenters. The zero-order valence-electron chi connectivity index (χ0n) is 16.0. The van der Waals surface area contributed by atoms with Gasteiger partial charge in [-0.2, -0.15) is 0 Å². The van der Waals surface area contributed by atoms with Gasteiger partial charge in [0, 0.05) is 24.3 Å². The van der Waals surface area contributed by atoms with Crippen molar-refractivity contribution in [3.63, 3.8) is 0 Å². The van der Waals surface area contributed by atoms with Crippen LogP contribution >= 0.6 is 12.2 Å². The normalized spacial score (nSPS) is 18.4. The number of thiocarbonyl (C=S) groups is 1. The van der Waals surface area contributed by atoms with Crippen LogP contribution in [0.5, 0.6) is 5.75 Å². The average molecular weight is 414 g/mol. The quantitative estimate of drug-likeness (QED) is 0.490. The number of phenols is 1. The maximum atomic E-state index is 10.6. The molecule has 2 N–H and O–H groups in total. The summed E-state index contributed by atoms with van der Waals surface area (Å²) in [5.74, 6) is 0.983. The lowest BCUT2D eigenvalue weighted by molar-refractivity contribution is 0.472. The zero-order chi connectivity index (χ0) is 20.5. The van der Waals surface area contributed by atoms with Crippen molar-refractivity contribution in [3.05, 3.63) is 103 Å². The van der Waals surface area contributed by atoms with Crippen molar-refractivity contribution in [2.45, 2.75) is 12.1 Å². The standard InChI is InChI=1S/C23H19N5OS/c29-19-11-2-1-9-17(19)28-22(21(26-23(28)30)16-8-3-5-13-24-16)18-10-7-15-27(18)20-12-4-6-14-25-20/h1-15,21-22,29H,(H,26,30)/t21-,22+/m1/s1. The number of nitrogens with one attached hydrogen (secondary N) is 1. The van der Waals surface area contributed by atoms with E-state index >= 15 is 0 Å². The number of nitrogens with zero attached hydrogens (tertiary/aromatic N) is 4. The van der Waals surface area contributed by atoms with E-state index in [0.717, 1.165) is 17.2 Å². The molecule has 1 saturated heterocycles. The Morgan fingerprint density at radius 3 is 2.37 bits per heavy atom. The first-order valence-corrected chi connectivity index (χ1v) is 10.0. The van der Waals surface area contributed by atoms with Crippen LogP contribution in [0.1, 0.15) is 23.5 Å². The molecular weight excluding hydrogens is 394 g/mol. The summed E-state index contributed by atoms with van der Waals surface area (Å²) in [5.41, 5.74) is 2.50. The van der Waals surface area contributed by atoms with Gasteiger partial charge in [0.2, 0.25) is 0 Å². The smallest absolute Gasteiger partial charge is 0.174 e. The summed E-state index contributed by atoms with van der Waals surface area (Å²) < 4.78 is 2.04. The summed E-state index contributed by atoms with van der Waals surface area (Å²) in [5, 5.41) is 14.5. The fourth-order valence-electron chi connectivity index (χ4n) is 3.92. The third kappa shape index (κ3) is 3.09. The molecule has 148 valence electrons. The molecule has 6 nitrogen and oxygen atoms in total. The van der Waals surface area contributed by atoms with Crippen molar-refractivity contribution in [1.82, 2.24) is 19.9 Å². The molecule has 0 saturated carbocycles. The Morgan fingerprint density at radius 2 is 1.63 bits per heavy atom. The van der Waals surface area contributed by atoms with Crippen LogP contribution in [0.25, 0.3) is 5.82 Å². The van der Waals surface area contributed by atoms with Crippen molar-refractivity contribution < 1.29 is 5.11 Å². The maximum Gasteiger partial charge on any atom is 0.174 e. The predicted molar refractivity (Wildman–Crippen MR) is 120 cm³/mol. The van der Waals surface area contributed by atoms with E-state index < -0.39 is 0 Å². The Balaban J connectivity index is 1.69. The van der Waals surface area contributed by atoms with Crippen LogP contribution in [-0.2, 0) is 0 Å². The van der Waals surface area contributed by atoms with Gasteiger partial charge in [0.1, 0.15) is 17.6 Å². The lowest BCUT2D eigenvalue weighted by atomic mass is 10.0. The first-order chi connectivity index (χ1) is 14.7. The van der Waals surface area contributed by atoms with Crippen LogP contribution in [-0.4, -0.2) is 24.8 Å². The number of para-hydroxylation sites is 2. The molecule has 0 radical (unpaired) electrons. The molecule has 4 aromatic rings. The Labute approximate surface area is 179 Å². The monoisotopic (exact) mass is 413 g/mol. The minimum absolute atomic E-state index is 0.171. The van der Waals surface area contributed by atoms with Gasteiger partial charge in [-0.3, -0.25) is 4.98 Å². The van der Waals surface area contributed by atoms with Gasteiger partial charge in [-0.15, -0.1) is 0 Å². The highest BCUT2D eigenvalue weighted by Gasteiger charge is 2.43. The molecule has 0 bridgehead atoms. The molecule has 3 aromatic heterocycles. The molecule has 5 rings (SSSR count). The zero-order valence-corrected chi connectivity index (χ0v) is 16.8. The van der Waals surface area contributed by atoms with Crippen LogP contribution in [0.3, 0.4) is 0 Å². The van der Waals surface area contributed by atoms with Gasteiger partial charge < -0.3 is 19.9 Å². The molecule has 1 fully saturated rings. The largest absolute Gasteiger partial charge is 0.506 e. The van der Waals surface area contributed by atoms with Crippen molar-refractivity contribution in [2.24, 2.45) is 0 Å². The van der Waals surface area contributed by atoms with Crippen LogP contribution in [0.15, 0.2) is 91.4 Å². The number of aromatic nitrogens is 3. The molecule has 1 aliphatic rings. The Bertz CT molecular complexity index is 1180. The molecule has 4 heterocycles. The first kappa shape index (κ1) is 18.3. The minimum atomic E-state index is -0.238. The highest BCUT2D eigenvalue weighted by atomic mass is 32.1. The molecule has 7 heteroatoms. The van der Waals surface area contributed by atoms with Crippen LogP contribution in [0, 0.1) is 0 Å². The number of hydrogen-bond acceptors (Lipinski definition) is 4. The Kier molecular flexibility index (Phi) is 4.65. The summed E-state index contributed by atoms with van der Waals surface area (Å²) in [6.07, 6.45) is 5.53. The van der Waals surface area contributed by atoms with E-state index in [1.165, 1.54) is 0 Å². The number of rotatable bonds is 4. The Hall–Kier alpha value is -3.71. The Morgan fingerprint density at radius 1 is 0.867 bits per heavy atom. The molecule has 0 aliphatic carbocycles. The number of anilines is 1. The van der Waals surface area contributed by atoms with Gasteiger partial charge in [-0.1, -0.05) is 24.3 Å². The third-order valence-corrected chi connectivity index (χ3v) is 5.53. The molecule has 2 atom stereocenters. The van der Waals surface area contributed by atoms with Gasteiger partial charge in [0.25, 0.3) is 0 Å². The van der Waals surface area contributed by atoms with Gasteiger partial charge in [-0.05, 0) is 60.7 Å². The molecule has 30 heavy (non-hydrogen) atoms. The fraction of sp³-hybridized carbons (Fsp3) is 0.0870. The van der Waals surface area contributed by atoms with Crippen LogP contribution < -0.4 is 10.2 Å². The van der Waals surface area contributed by atoms with E-state index in [1.807, 2.05) is 70.3 Å². The van der Waals surface area contributed by atoms with Crippen molar-refractivity contribution >= 4 is 23.0 Å². The summed E-state index contributed by atoms with van der Waals surface area (Å²) in [6, 6.07) is 22.5. The summed E-state index contributed by atoms with van der Waals surface area (Å²) in [6.45, 7) is 0. The molecular formula is C23H19N5OS. The second-order valence-electron chi connectivity index (χ2n) is 6.98. The first-order valence-electron chi connectivity index (χ1n) is 9.61. The number of benzene rings is 1. The summed E-state index contributed by atoms with van der Waals surface area (Å²) in [7, 11) is 0. The maximum absolute atomic E-state index is 10.6. The van der Waals surface area contributed by atoms with Gasteiger partial charge >= 0.3 is 0 Å². The SMILES string of the molecule is Oc1ccccc1N1C(=S)N[C@H](c2ccccn2)[C@@H]1c1cccn1-c1ccccn1. The van der Waals surface area contributed by atoms with E-state index in [1.54, 1.807) is 24.5 Å². The third-order valence-electron chi connectivity index (χ3n) is 5.22. The molecule has 1 aliphatic heterocycles. The van der Waals surface area contributed by atoms with Crippen molar-refractivity contribution in [3.8, 4) is 11.6 Å². The predicted octanol–water partition coefficient (Wildman–Crippen LogP) is 4.15. The van der Waals surface area contributed by atoms with Crippen LogP contribution in [0.4, 0.5) is 5.69 Å². The van der Waals surface area contributed by atoms with E-state index in [9.17, 15) is 5.11 Å². The van der Waals surface area contributed by atoms with Gasteiger partial charge in [0.05, 0.1) is 17.4 Å². The lowest BCUT2D eigenvalue weighted by Gasteiger charge is -2.29. The van der Waals surface area contributed by atoms with Crippen molar-refractivity contribution in [2.75, 3.05) is 4.90 Å². The van der Waals surface area contributed by atoms with Crippen molar-refractivity contribution in [1.29, 1.82) is 0 Å². The minimum Gasteiger partial charge on any atom is -0.506 e. The summed E-state index contributed by atoms with van der Waals surface area (Å²) in [4.78, 5) is 11.0. The molecule has 0 spiro atoms. The van der Waals surface area contributed by atoms with E-state index in [-0.39, 0.29) is 17.8 Å². The fourth-order valence-corrected chi connectivity index (χ4v) is 4.26. The van der Waals surface area contributed by atoms with E-state index in [4.69, 9.17) is 12.2 Å². The number of aromatic hydroxyl groups is 1. The van der Waals surface area contributed by atoms with Gasteiger partial charge in [-0.25, -0.2) is 4.98 Å². The average Bonchev–Trinajstić information content (AvgIpc) is 3.40. The lowest BCUT2D eigenvalue weighted by Crippen LogP contribution is -2.30. The highest BCUT2D eigenvalue weighted by molar-refractivity contribution is 7.80. The van der Waals surface area contributed by atoms with E-state index in [2.05, 4.69) is 21.4 Å². The van der Waals surface area contributed by atoms with Crippen LogP contribution in [0.2, 0.25) is 0 Å².